The number of phenolic OH excluding ortho intramolecular Hbond substituents is 1. The number of likely N-dealkylation sites (tertiary alicyclic amines) is 1. The molecule has 1 aliphatic rings. The van der Waals surface area contributed by atoms with Gasteiger partial charge in [-0.1, -0.05) is 13.8 Å². The number of hydrogen-bond donors (Lipinski definition) is 3. The molecule has 0 unspecified atom stereocenters. The quantitative estimate of drug-likeness (QED) is 0.656. The summed E-state index contributed by atoms with van der Waals surface area (Å²) in [4.78, 5) is 14.5. The highest BCUT2D eigenvalue weighted by atomic mass is 32.2. The van der Waals surface area contributed by atoms with Crippen LogP contribution in [0.3, 0.4) is 0 Å². The van der Waals surface area contributed by atoms with Gasteiger partial charge < -0.3 is 16.2 Å². The normalized spacial score (nSPS) is 18.7. The van der Waals surface area contributed by atoms with E-state index in [2.05, 4.69) is 17.1 Å². The molecule has 7 nitrogen and oxygen atoms in total. The lowest BCUT2D eigenvalue weighted by atomic mass is 10.1. The van der Waals surface area contributed by atoms with Crippen molar-refractivity contribution >= 4 is 21.4 Å². The summed E-state index contributed by atoms with van der Waals surface area (Å²) in [6, 6.07) is 2.55. The fourth-order valence-electron chi connectivity index (χ4n) is 3.04. The molecule has 1 aromatic carbocycles. The Balaban J connectivity index is 2.19. The first-order valence-corrected chi connectivity index (χ1v) is 9.82. The maximum atomic E-state index is 12.4. The van der Waals surface area contributed by atoms with Gasteiger partial charge in [-0.25, -0.2) is 8.42 Å². The number of nitrogens with zero attached hydrogens (tertiary/aromatic N) is 1. The molecular formula is C16H25N3O4S. The average Bonchev–Trinajstić information content (AvgIpc) is 2.99. The molecule has 1 aromatic rings. The molecule has 0 spiro atoms. The number of benzene rings is 1. The maximum absolute atomic E-state index is 12.4. The zero-order valence-corrected chi connectivity index (χ0v) is 14.9. The summed E-state index contributed by atoms with van der Waals surface area (Å²) in [6.45, 7) is 5.98. The molecule has 4 N–H and O–H groups in total. The zero-order valence-electron chi connectivity index (χ0n) is 14.1. The molecule has 0 radical (unpaired) electrons. The van der Waals surface area contributed by atoms with Gasteiger partial charge in [-0.15, -0.1) is 0 Å². The Morgan fingerprint density at radius 2 is 2.12 bits per heavy atom. The summed E-state index contributed by atoms with van der Waals surface area (Å²) in [5.41, 5.74) is 5.56. The van der Waals surface area contributed by atoms with Crippen molar-refractivity contribution < 1.29 is 18.3 Å². The second-order valence-corrected chi connectivity index (χ2v) is 8.19. The van der Waals surface area contributed by atoms with E-state index in [9.17, 15) is 18.3 Å². The van der Waals surface area contributed by atoms with Gasteiger partial charge in [0.1, 0.15) is 5.75 Å². The van der Waals surface area contributed by atoms with E-state index in [1.165, 1.54) is 6.92 Å². The van der Waals surface area contributed by atoms with Gasteiger partial charge in [-0.2, -0.15) is 0 Å². The number of carbonyl (C=O) groups is 1. The van der Waals surface area contributed by atoms with Crippen LogP contribution in [0.15, 0.2) is 17.0 Å². The summed E-state index contributed by atoms with van der Waals surface area (Å²) in [6.07, 6.45) is 2.11. The van der Waals surface area contributed by atoms with Crippen molar-refractivity contribution in [2.45, 2.75) is 37.6 Å². The molecule has 24 heavy (non-hydrogen) atoms. The molecule has 1 atom stereocenters. The second-order valence-electron chi connectivity index (χ2n) is 5.95. The van der Waals surface area contributed by atoms with Crippen molar-refractivity contribution in [2.24, 2.45) is 0 Å². The largest absolute Gasteiger partial charge is 0.507 e. The van der Waals surface area contributed by atoms with Crippen LogP contribution in [0.1, 0.15) is 37.0 Å². The summed E-state index contributed by atoms with van der Waals surface area (Å²) in [5, 5.41) is 12.8. The Morgan fingerprint density at radius 1 is 1.42 bits per heavy atom. The van der Waals surface area contributed by atoms with Crippen LogP contribution in [0, 0.1) is 0 Å². The molecule has 0 aliphatic carbocycles. The molecule has 134 valence electrons. The predicted octanol–water partition coefficient (Wildman–Crippen LogP) is 0.982. The van der Waals surface area contributed by atoms with E-state index in [4.69, 9.17) is 5.73 Å². The van der Waals surface area contributed by atoms with Crippen molar-refractivity contribution in [3.05, 3.63) is 17.7 Å². The summed E-state index contributed by atoms with van der Waals surface area (Å²) in [5.74, 6) is -0.946. The SMILES string of the molecule is CCN1CCC[C@H]1CNC(=O)c1cc(S(=O)(=O)CC)c(N)cc1O. The highest BCUT2D eigenvalue weighted by molar-refractivity contribution is 7.91. The monoisotopic (exact) mass is 355 g/mol. The predicted molar refractivity (Wildman–Crippen MR) is 92.8 cm³/mol. The van der Waals surface area contributed by atoms with Gasteiger partial charge in [0.2, 0.25) is 0 Å². The first-order chi connectivity index (χ1) is 11.3. The van der Waals surface area contributed by atoms with Crippen LogP contribution in [0.2, 0.25) is 0 Å². The van der Waals surface area contributed by atoms with Crippen molar-refractivity contribution in [3.63, 3.8) is 0 Å². The smallest absolute Gasteiger partial charge is 0.255 e. The molecule has 1 amide bonds. The summed E-state index contributed by atoms with van der Waals surface area (Å²) < 4.78 is 24.1. The van der Waals surface area contributed by atoms with Crippen LogP contribution in [0.4, 0.5) is 5.69 Å². The first kappa shape index (κ1) is 18.5. The highest BCUT2D eigenvalue weighted by Crippen LogP contribution is 2.28. The van der Waals surface area contributed by atoms with Gasteiger partial charge in [0.05, 0.1) is 21.9 Å². The minimum atomic E-state index is -3.57. The number of sulfone groups is 1. The lowest BCUT2D eigenvalue weighted by molar-refractivity contribution is 0.0938. The van der Waals surface area contributed by atoms with Crippen LogP contribution in [0.25, 0.3) is 0 Å². The molecule has 0 aromatic heterocycles. The third-order valence-corrected chi connectivity index (χ3v) is 6.28. The number of nitrogens with one attached hydrogen (secondary N) is 1. The fraction of sp³-hybridized carbons (Fsp3) is 0.562. The van der Waals surface area contributed by atoms with E-state index in [0.717, 1.165) is 38.1 Å². The molecule has 1 aliphatic heterocycles. The standard InChI is InChI=1S/C16H25N3O4S/c1-3-19-7-5-6-11(19)10-18-16(21)12-8-15(24(22,23)4-2)13(17)9-14(12)20/h8-9,11,20H,3-7,10,17H2,1-2H3,(H,18,21)/t11-/m0/s1. The lowest BCUT2D eigenvalue weighted by Crippen LogP contribution is -2.40. The lowest BCUT2D eigenvalue weighted by Gasteiger charge is -2.23. The number of amides is 1. The number of rotatable bonds is 6. The molecular weight excluding hydrogens is 330 g/mol. The molecule has 0 saturated carbocycles. The third-order valence-electron chi connectivity index (χ3n) is 4.49. The second kappa shape index (κ2) is 7.40. The van der Waals surface area contributed by atoms with Crippen LogP contribution in [-0.2, 0) is 9.84 Å². The van der Waals surface area contributed by atoms with Crippen molar-refractivity contribution in [1.82, 2.24) is 10.2 Å². The van der Waals surface area contributed by atoms with Crippen molar-refractivity contribution in [2.75, 3.05) is 31.1 Å². The van der Waals surface area contributed by atoms with Crippen LogP contribution < -0.4 is 11.1 Å². The fourth-order valence-corrected chi connectivity index (χ4v) is 4.07. The van der Waals surface area contributed by atoms with E-state index in [1.54, 1.807) is 0 Å². The van der Waals surface area contributed by atoms with Crippen molar-refractivity contribution in [1.29, 1.82) is 0 Å². The van der Waals surface area contributed by atoms with Crippen LogP contribution >= 0.6 is 0 Å². The van der Waals surface area contributed by atoms with Crippen LogP contribution in [-0.4, -0.2) is 55.8 Å². The van der Waals surface area contributed by atoms with Gasteiger partial charge >= 0.3 is 0 Å². The zero-order chi connectivity index (χ0) is 17.9. The average molecular weight is 355 g/mol. The molecule has 1 heterocycles. The Hall–Kier alpha value is -1.80. The van der Waals surface area contributed by atoms with Gasteiger partial charge in [-0.05, 0) is 32.0 Å². The minimum Gasteiger partial charge on any atom is -0.507 e. The number of phenols is 1. The van der Waals surface area contributed by atoms with Gasteiger partial charge in [-0.3, -0.25) is 9.69 Å². The molecule has 0 bridgehead atoms. The Bertz CT molecular complexity index is 718. The van der Waals surface area contributed by atoms with E-state index in [-0.39, 0.29) is 33.7 Å². The third kappa shape index (κ3) is 3.81. The summed E-state index contributed by atoms with van der Waals surface area (Å²) >= 11 is 0. The number of nitrogen functional groups attached to an aromatic ring is 1. The number of hydrogen-bond acceptors (Lipinski definition) is 6. The Kier molecular flexibility index (Phi) is 5.71. The highest BCUT2D eigenvalue weighted by Gasteiger charge is 2.25. The van der Waals surface area contributed by atoms with Crippen LogP contribution in [0.5, 0.6) is 5.75 Å². The summed E-state index contributed by atoms with van der Waals surface area (Å²) in [7, 11) is -3.57. The maximum Gasteiger partial charge on any atom is 0.255 e. The number of carbonyl (C=O) groups excluding carboxylic acids is 1. The van der Waals surface area contributed by atoms with Crippen molar-refractivity contribution in [3.8, 4) is 5.75 Å². The number of anilines is 1. The Labute approximate surface area is 142 Å². The van der Waals surface area contributed by atoms with E-state index >= 15 is 0 Å². The van der Waals surface area contributed by atoms with E-state index < -0.39 is 15.7 Å². The van der Waals surface area contributed by atoms with Gasteiger partial charge in [0.15, 0.2) is 9.84 Å². The minimum absolute atomic E-state index is 0.0566. The van der Waals surface area contributed by atoms with E-state index in [0.29, 0.717) is 6.54 Å². The molecule has 1 fully saturated rings. The number of nitrogens with two attached hydrogens (primary N) is 1. The molecule has 1 saturated heterocycles. The molecule has 8 heteroatoms. The Morgan fingerprint density at radius 3 is 2.75 bits per heavy atom. The first-order valence-electron chi connectivity index (χ1n) is 8.17. The topological polar surface area (TPSA) is 113 Å². The van der Waals surface area contributed by atoms with Gasteiger partial charge in [0, 0.05) is 18.7 Å². The van der Waals surface area contributed by atoms with E-state index in [1.807, 2.05) is 0 Å². The number of likely N-dealkylation sites (N-methyl/N-ethyl adjacent to an activating group) is 1. The van der Waals surface area contributed by atoms with Gasteiger partial charge in [0.25, 0.3) is 5.91 Å². The number of aromatic hydroxyl groups is 1. The molecule has 2 rings (SSSR count).